The second kappa shape index (κ2) is 4.94. The highest BCUT2D eigenvalue weighted by Gasteiger charge is 2.30. The highest BCUT2D eigenvalue weighted by atomic mass is 32.2. The molecule has 0 radical (unpaired) electrons. The first-order valence-corrected chi connectivity index (χ1v) is 7.08. The number of hydrogen-bond acceptors (Lipinski definition) is 2. The van der Waals surface area contributed by atoms with Crippen LogP contribution < -0.4 is 5.73 Å². The molecule has 3 rings (SSSR count). The molecule has 1 aliphatic rings. The molecule has 1 aliphatic heterocycles. The number of thioether (sulfide) groups is 1. The summed E-state index contributed by atoms with van der Waals surface area (Å²) in [5.74, 6) is -0.843. The minimum absolute atomic E-state index is 0.0255. The van der Waals surface area contributed by atoms with Gasteiger partial charge >= 0.3 is 0 Å². The van der Waals surface area contributed by atoms with Gasteiger partial charge in [0.2, 0.25) is 0 Å². The van der Waals surface area contributed by atoms with Crippen LogP contribution in [0.15, 0.2) is 47.4 Å². The second-order valence-corrected chi connectivity index (χ2v) is 5.69. The van der Waals surface area contributed by atoms with Gasteiger partial charge in [0, 0.05) is 28.2 Å². The third kappa shape index (κ3) is 2.15. The van der Waals surface area contributed by atoms with Crippen LogP contribution in [-0.4, -0.2) is 5.75 Å². The summed E-state index contributed by atoms with van der Waals surface area (Å²) in [4.78, 5) is 1.18. The van der Waals surface area contributed by atoms with Gasteiger partial charge in [0.05, 0.1) is 0 Å². The molecule has 0 aliphatic carbocycles. The molecule has 0 saturated heterocycles. The van der Waals surface area contributed by atoms with Crippen LogP contribution in [0, 0.1) is 11.6 Å². The van der Waals surface area contributed by atoms with Crippen molar-refractivity contribution in [1.82, 2.24) is 0 Å². The summed E-state index contributed by atoms with van der Waals surface area (Å²) in [6.07, 6.45) is 0. The third-order valence-corrected chi connectivity index (χ3v) is 4.72. The zero-order valence-electron chi connectivity index (χ0n) is 10.1. The molecule has 0 bridgehead atoms. The number of benzene rings is 2. The summed E-state index contributed by atoms with van der Waals surface area (Å²) < 4.78 is 27.1. The lowest BCUT2D eigenvalue weighted by molar-refractivity contribution is 0.477. The molecule has 2 aromatic rings. The first-order chi connectivity index (χ1) is 9.18. The molecule has 1 heterocycles. The van der Waals surface area contributed by atoms with E-state index in [0.717, 1.165) is 17.4 Å². The number of halogens is 2. The van der Waals surface area contributed by atoms with Crippen molar-refractivity contribution < 1.29 is 8.78 Å². The maximum atomic E-state index is 13.8. The van der Waals surface area contributed by atoms with E-state index in [1.54, 1.807) is 17.8 Å². The van der Waals surface area contributed by atoms with Crippen molar-refractivity contribution in [2.45, 2.75) is 16.9 Å². The van der Waals surface area contributed by atoms with Gasteiger partial charge in [0.1, 0.15) is 0 Å². The Labute approximate surface area is 114 Å². The van der Waals surface area contributed by atoms with Crippen molar-refractivity contribution in [3.8, 4) is 0 Å². The zero-order chi connectivity index (χ0) is 13.4. The summed E-state index contributed by atoms with van der Waals surface area (Å²) in [7, 11) is 0. The van der Waals surface area contributed by atoms with Gasteiger partial charge in [-0.05, 0) is 17.7 Å². The van der Waals surface area contributed by atoms with Crippen molar-refractivity contribution in [3.63, 3.8) is 0 Å². The topological polar surface area (TPSA) is 26.0 Å². The molecule has 98 valence electrons. The molecular formula is C15H13F2NS. The lowest BCUT2D eigenvalue weighted by Crippen LogP contribution is -2.21. The summed E-state index contributed by atoms with van der Waals surface area (Å²) in [6.45, 7) is 0. The summed E-state index contributed by atoms with van der Waals surface area (Å²) in [6, 6.07) is 11.6. The minimum atomic E-state index is -0.841. The van der Waals surface area contributed by atoms with E-state index < -0.39 is 17.7 Å². The van der Waals surface area contributed by atoms with Crippen molar-refractivity contribution in [2.24, 2.45) is 5.73 Å². The van der Waals surface area contributed by atoms with Crippen LogP contribution >= 0.6 is 11.8 Å². The lowest BCUT2D eigenvalue weighted by Gasteiger charge is -2.20. The summed E-state index contributed by atoms with van der Waals surface area (Å²) in [5.41, 5.74) is 7.55. The van der Waals surface area contributed by atoms with Gasteiger partial charge in [-0.25, -0.2) is 8.78 Å². The van der Waals surface area contributed by atoms with Gasteiger partial charge in [-0.2, -0.15) is 0 Å². The normalized spacial score (nSPS) is 19.2. The van der Waals surface area contributed by atoms with Crippen molar-refractivity contribution in [2.75, 3.05) is 5.75 Å². The smallest absolute Gasteiger partial charge is 0.163 e. The van der Waals surface area contributed by atoms with Crippen LogP contribution in [-0.2, 0) is 0 Å². The number of nitrogens with two attached hydrogens (primary N) is 1. The van der Waals surface area contributed by atoms with Gasteiger partial charge in [-0.15, -0.1) is 11.8 Å². The van der Waals surface area contributed by atoms with Crippen LogP contribution in [0.1, 0.15) is 23.1 Å². The highest BCUT2D eigenvalue weighted by molar-refractivity contribution is 7.99. The fourth-order valence-corrected chi connectivity index (χ4v) is 3.79. The lowest BCUT2D eigenvalue weighted by atomic mass is 9.89. The molecule has 0 aromatic heterocycles. The predicted molar refractivity (Wildman–Crippen MR) is 73.2 cm³/mol. The quantitative estimate of drug-likeness (QED) is 0.902. The predicted octanol–water partition coefficient (Wildman–Crippen LogP) is 3.85. The van der Waals surface area contributed by atoms with E-state index in [9.17, 15) is 8.78 Å². The fourth-order valence-electron chi connectivity index (χ4n) is 2.48. The van der Waals surface area contributed by atoms with E-state index in [0.29, 0.717) is 0 Å². The minimum Gasteiger partial charge on any atom is -0.323 e. The molecular weight excluding hydrogens is 264 g/mol. The number of rotatable bonds is 2. The molecule has 0 saturated carbocycles. The number of fused-ring (bicyclic) bond motifs is 1. The highest BCUT2D eigenvalue weighted by Crippen LogP contribution is 2.44. The summed E-state index contributed by atoms with van der Waals surface area (Å²) in [5, 5.41) is 0. The Balaban J connectivity index is 1.98. The first kappa shape index (κ1) is 12.6. The van der Waals surface area contributed by atoms with Crippen molar-refractivity contribution in [3.05, 3.63) is 65.2 Å². The van der Waals surface area contributed by atoms with E-state index in [1.165, 1.54) is 11.0 Å². The number of hydrogen-bond donors (Lipinski definition) is 1. The van der Waals surface area contributed by atoms with Crippen LogP contribution in [0.5, 0.6) is 0 Å². The van der Waals surface area contributed by atoms with Gasteiger partial charge in [-0.1, -0.05) is 30.3 Å². The van der Waals surface area contributed by atoms with E-state index in [-0.39, 0.29) is 11.5 Å². The van der Waals surface area contributed by atoms with E-state index >= 15 is 0 Å². The van der Waals surface area contributed by atoms with Crippen LogP contribution in [0.25, 0.3) is 0 Å². The van der Waals surface area contributed by atoms with E-state index in [4.69, 9.17) is 5.73 Å². The van der Waals surface area contributed by atoms with Gasteiger partial charge < -0.3 is 5.73 Å². The molecule has 19 heavy (non-hydrogen) atoms. The maximum Gasteiger partial charge on any atom is 0.163 e. The average molecular weight is 277 g/mol. The molecule has 2 N–H and O–H groups in total. The van der Waals surface area contributed by atoms with Crippen molar-refractivity contribution >= 4 is 11.8 Å². The Morgan fingerprint density at radius 2 is 1.89 bits per heavy atom. The largest absolute Gasteiger partial charge is 0.323 e. The Kier molecular flexibility index (Phi) is 3.29. The van der Waals surface area contributed by atoms with E-state index in [2.05, 4.69) is 0 Å². The van der Waals surface area contributed by atoms with Crippen LogP contribution in [0.2, 0.25) is 0 Å². The average Bonchev–Trinajstić information content (AvgIpc) is 2.85. The first-order valence-electron chi connectivity index (χ1n) is 6.09. The molecule has 4 heteroatoms. The van der Waals surface area contributed by atoms with Crippen LogP contribution in [0.4, 0.5) is 8.78 Å². The monoisotopic (exact) mass is 277 g/mol. The Morgan fingerprint density at radius 1 is 1.11 bits per heavy atom. The van der Waals surface area contributed by atoms with Gasteiger partial charge in [0.15, 0.2) is 11.6 Å². The SMILES string of the molecule is NC(c1cccc(F)c1F)C1CSc2ccccc21. The standard InChI is InChI=1S/C15H13F2NS/c16-12-6-3-5-10(14(12)17)15(18)11-8-19-13-7-2-1-4-9(11)13/h1-7,11,15H,8,18H2. The molecule has 0 amide bonds. The Bertz CT molecular complexity index is 615. The molecule has 0 fully saturated rings. The van der Waals surface area contributed by atoms with Gasteiger partial charge in [-0.3, -0.25) is 0 Å². The fraction of sp³-hybridized carbons (Fsp3) is 0.200. The van der Waals surface area contributed by atoms with Gasteiger partial charge in [0.25, 0.3) is 0 Å². The zero-order valence-corrected chi connectivity index (χ0v) is 11.0. The third-order valence-electron chi connectivity index (χ3n) is 3.51. The van der Waals surface area contributed by atoms with Crippen LogP contribution in [0.3, 0.4) is 0 Å². The molecule has 2 unspecified atom stereocenters. The Hall–Kier alpha value is -1.39. The van der Waals surface area contributed by atoms with Crippen molar-refractivity contribution in [1.29, 1.82) is 0 Å². The van der Waals surface area contributed by atoms with E-state index in [1.807, 2.05) is 24.3 Å². The second-order valence-electron chi connectivity index (χ2n) is 4.62. The Morgan fingerprint density at radius 3 is 2.74 bits per heavy atom. The molecule has 2 aromatic carbocycles. The molecule has 1 nitrogen and oxygen atoms in total. The molecule has 0 spiro atoms. The molecule has 2 atom stereocenters. The summed E-state index contributed by atoms with van der Waals surface area (Å²) >= 11 is 1.71. The maximum absolute atomic E-state index is 13.8.